The molecule has 1 unspecified atom stereocenters. The molecule has 1 rings (SSSR count). The topological polar surface area (TPSA) is 79.7 Å². The van der Waals surface area contributed by atoms with Crippen LogP contribution in [0, 0.1) is 0 Å². The highest BCUT2D eigenvalue weighted by molar-refractivity contribution is 6.64. The van der Waals surface area contributed by atoms with E-state index in [2.05, 4.69) is 18.7 Å². The van der Waals surface area contributed by atoms with E-state index in [0.29, 0.717) is 25.9 Å². The molecule has 0 amide bonds. The Morgan fingerprint density at radius 3 is 1.87 bits per heavy atom. The quantitative estimate of drug-likeness (QED) is 0.478. The Kier molecular flexibility index (Phi) is 8.11. The van der Waals surface area contributed by atoms with Crippen LogP contribution in [0.25, 0.3) is 0 Å². The molecule has 5 nitrogen and oxygen atoms in total. The standard InChI is InChI=1S/C17H30N2O3Si/c1-5-16(15-9-7-6-8-10-15)17(11-13-18,12-14-19)23(20-2,21-3)22-4/h5-10,16H,1,11-14,18-19H2,2-4H3. The average Bonchev–Trinajstić information content (AvgIpc) is 2.59. The fourth-order valence-electron chi connectivity index (χ4n) is 3.65. The highest BCUT2D eigenvalue weighted by Gasteiger charge is 2.62. The molecule has 0 heterocycles. The Balaban J connectivity index is 3.56. The number of allylic oxidation sites excluding steroid dienone is 1. The van der Waals surface area contributed by atoms with Crippen molar-refractivity contribution < 1.29 is 13.3 Å². The van der Waals surface area contributed by atoms with E-state index in [0.717, 1.165) is 5.56 Å². The summed E-state index contributed by atoms with van der Waals surface area (Å²) in [7, 11) is 1.86. The van der Waals surface area contributed by atoms with Gasteiger partial charge in [0.05, 0.1) is 5.04 Å². The molecule has 0 saturated carbocycles. The first-order chi connectivity index (χ1) is 11.1. The first-order valence-corrected chi connectivity index (χ1v) is 9.57. The summed E-state index contributed by atoms with van der Waals surface area (Å²) >= 11 is 0. The highest BCUT2D eigenvalue weighted by Crippen LogP contribution is 2.56. The van der Waals surface area contributed by atoms with Crippen LogP contribution in [0.5, 0.6) is 0 Å². The van der Waals surface area contributed by atoms with Crippen molar-refractivity contribution in [1.82, 2.24) is 0 Å². The molecule has 130 valence electrons. The van der Waals surface area contributed by atoms with Crippen LogP contribution >= 0.6 is 0 Å². The zero-order chi connectivity index (χ0) is 17.3. The van der Waals surface area contributed by atoms with Crippen molar-refractivity contribution >= 4 is 8.80 Å². The van der Waals surface area contributed by atoms with E-state index >= 15 is 0 Å². The van der Waals surface area contributed by atoms with E-state index < -0.39 is 13.8 Å². The van der Waals surface area contributed by atoms with Crippen molar-refractivity contribution in [3.8, 4) is 0 Å². The lowest BCUT2D eigenvalue weighted by Gasteiger charge is -2.47. The van der Waals surface area contributed by atoms with E-state index in [-0.39, 0.29) is 5.92 Å². The molecule has 0 fully saturated rings. The molecule has 1 atom stereocenters. The van der Waals surface area contributed by atoms with Crippen LogP contribution in [0.3, 0.4) is 0 Å². The van der Waals surface area contributed by atoms with Crippen molar-refractivity contribution in [2.24, 2.45) is 11.5 Å². The zero-order valence-corrected chi connectivity index (χ0v) is 15.5. The van der Waals surface area contributed by atoms with Crippen LogP contribution in [0.1, 0.15) is 24.3 Å². The van der Waals surface area contributed by atoms with Gasteiger partial charge in [-0.2, -0.15) is 0 Å². The van der Waals surface area contributed by atoms with E-state index in [9.17, 15) is 0 Å². The number of rotatable bonds is 11. The minimum absolute atomic E-state index is 0.0256. The summed E-state index contributed by atoms with van der Waals surface area (Å²) < 4.78 is 17.5. The van der Waals surface area contributed by atoms with Crippen molar-refractivity contribution in [2.45, 2.75) is 23.8 Å². The van der Waals surface area contributed by atoms with Crippen LogP contribution < -0.4 is 11.5 Å². The number of benzene rings is 1. The molecule has 0 spiro atoms. The summed E-state index contributed by atoms with van der Waals surface area (Å²) in [6, 6.07) is 10.2. The predicted octanol–water partition coefficient (Wildman–Crippen LogP) is 2.27. The summed E-state index contributed by atoms with van der Waals surface area (Å²) in [5.41, 5.74) is 13.0. The first kappa shape index (κ1) is 20.0. The summed E-state index contributed by atoms with van der Waals surface area (Å²) in [6.07, 6.45) is 3.29. The SMILES string of the molecule is C=CC(c1ccccc1)C(CCN)(CCN)[Si](OC)(OC)OC. The second kappa shape index (κ2) is 9.32. The maximum absolute atomic E-state index is 5.96. The number of hydrogen-bond donors (Lipinski definition) is 2. The van der Waals surface area contributed by atoms with Crippen LogP contribution in [0.15, 0.2) is 43.0 Å². The third kappa shape index (κ3) is 3.73. The predicted molar refractivity (Wildman–Crippen MR) is 96.2 cm³/mol. The van der Waals surface area contributed by atoms with E-state index in [4.69, 9.17) is 24.7 Å². The third-order valence-electron chi connectivity index (χ3n) is 4.59. The van der Waals surface area contributed by atoms with Gasteiger partial charge in [-0.25, -0.2) is 0 Å². The van der Waals surface area contributed by atoms with E-state index in [1.54, 1.807) is 21.3 Å². The molecule has 0 bridgehead atoms. The highest BCUT2D eigenvalue weighted by atomic mass is 28.4. The third-order valence-corrected chi connectivity index (χ3v) is 8.23. The molecule has 0 aliphatic carbocycles. The van der Waals surface area contributed by atoms with Crippen molar-refractivity contribution in [3.05, 3.63) is 48.6 Å². The minimum atomic E-state index is -3.04. The van der Waals surface area contributed by atoms with Crippen molar-refractivity contribution in [3.63, 3.8) is 0 Å². The molecule has 1 aromatic rings. The van der Waals surface area contributed by atoms with E-state index in [1.807, 2.05) is 24.3 Å². The molecule has 23 heavy (non-hydrogen) atoms. The van der Waals surface area contributed by atoms with Crippen LogP contribution in [-0.2, 0) is 13.3 Å². The molecular formula is C17H30N2O3Si. The van der Waals surface area contributed by atoms with Gasteiger partial charge in [-0.05, 0) is 31.5 Å². The number of nitrogens with two attached hydrogens (primary N) is 2. The minimum Gasteiger partial charge on any atom is -0.376 e. The van der Waals surface area contributed by atoms with Gasteiger partial charge >= 0.3 is 8.80 Å². The van der Waals surface area contributed by atoms with E-state index in [1.165, 1.54) is 0 Å². The average molecular weight is 339 g/mol. The van der Waals surface area contributed by atoms with Gasteiger partial charge in [-0.15, -0.1) is 6.58 Å². The molecule has 0 saturated heterocycles. The Hall–Kier alpha value is -1.02. The van der Waals surface area contributed by atoms with Crippen molar-refractivity contribution in [1.29, 1.82) is 0 Å². The van der Waals surface area contributed by atoms with Gasteiger partial charge in [0.25, 0.3) is 0 Å². The first-order valence-electron chi connectivity index (χ1n) is 7.84. The Labute approximate surface area is 141 Å². The molecule has 1 aromatic carbocycles. The smallest absolute Gasteiger partial charge is 0.376 e. The monoisotopic (exact) mass is 338 g/mol. The molecule has 6 heteroatoms. The molecule has 0 aliphatic rings. The maximum Gasteiger partial charge on any atom is 0.507 e. The lowest BCUT2D eigenvalue weighted by atomic mass is 9.80. The van der Waals surface area contributed by atoms with Crippen LogP contribution in [0.2, 0.25) is 5.04 Å². The second-order valence-electron chi connectivity index (χ2n) is 5.53. The fourth-order valence-corrected chi connectivity index (χ4v) is 6.93. The van der Waals surface area contributed by atoms with Gasteiger partial charge in [-0.3, -0.25) is 0 Å². The molecule has 0 radical (unpaired) electrons. The van der Waals surface area contributed by atoms with Crippen molar-refractivity contribution in [2.75, 3.05) is 34.4 Å². The largest absolute Gasteiger partial charge is 0.507 e. The molecular weight excluding hydrogens is 308 g/mol. The van der Waals surface area contributed by atoms with Gasteiger partial charge < -0.3 is 24.7 Å². The van der Waals surface area contributed by atoms with Crippen LogP contribution in [0.4, 0.5) is 0 Å². The molecule has 0 aliphatic heterocycles. The van der Waals surface area contributed by atoms with Gasteiger partial charge in [-0.1, -0.05) is 36.4 Å². The fraction of sp³-hybridized carbons (Fsp3) is 0.529. The normalized spacial score (nSPS) is 13.8. The second-order valence-corrected chi connectivity index (χ2v) is 8.86. The van der Waals surface area contributed by atoms with Gasteiger partial charge in [0.2, 0.25) is 0 Å². The lowest BCUT2D eigenvalue weighted by Crippen LogP contribution is -2.58. The Morgan fingerprint density at radius 1 is 1.04 bits per heavy atom. The molecule has 0 aromatic heterocycles. The zero-order valence-electron chi connectivity index (χ0n) is 14.5. The van der Waals surface area contributed by atoms with Gasteiger partial charge in [0.15, 0.2) is 0 Å². The number of hydrogen-bond acceptors (Lipinski definition) is 5. The summed E-state index contributed by atoms with van der Waals surface area (Å²) in [5.74, 6) is -0.0256. The Morgan fingerprint density at radius 2 is 1.52 bits per heavy atom. The maximum atomic E-state index is 5.96. The Bertz CT molecular complexity index is 452. The summed E-state index contributed by atoms with van der Waals surface area (Å²) in [6.45, 7) is 5.03. The van der Waals surface area contributed by atoms with Gasteiger partial charge in [0.1, 0.15) is 0 Å². The summed E-state index contributed by atoms with van der Waals surface area (Å²) in [5, 5.41) is -0.460. The molecule has 4 N–H and O–H groups in total. The summed E-state index contributed by atoms with van der Waals surface area (Å²) in [4.78, 5) is 0. The van der Waals surface area contributed by atoms with Gasteiger partial charge in [0, 0.05) is 27.2 Å². The lowest BCUT2D eigenvalue weighted by molar-refractivity contribution is 0.0791. The van der Waals surface area contributed by atoms with Crippen LogP contribution in [-0.4, -0.2) is 43.2 Å².